The van der Waals surface area contributed by atoms with Gasteiger partial charge in [0.1, 0.15) is 0 Å². The van der Waals surface area contributed by atoms with Gasteiger partial charge in [0.2, 0.25) is 0 Å². The number of amides is 4. The summed E-state index contributed by atoms with van der Waals surface area (Å²) in [6, 6.07) is 5.95. The summed E-state index contributed by atoms with van der Waals surface area (Å²) in [6.45, 7) is 0.254. The van der Waals surface area contributed by atoms with Crippen molar-refractivity contribution >= 4 is 41.3 Å². The summed E-state index contributed by atoms with van der Waals surface area (Å²) in [7, 11) is 0. The molecule has 4 amide bonds. The fourth-order valence-corrected chi connectivity index (χ4v) is 3.40. The number of hydrogen-bond acceptors (Lipinski definition) is 5. The Kier molecular flexibility index (Phi) is 6.89. The number of nitrogens with zero attached hydrogens (tertiary/aromatic N) is 1. The van der Waals surface area contributed by atoms with Gasteiger partial charge in [0.25, 0.3) is 11.8 Å². The number of likely N-dealkylation sites (tertiary alicyclic amines) is 1. The molecular weight excluding hydrogens is 452 g/mol. The van der Waals surface area contributed by atoms with Crippen LogP contribution in [0, 0.1) is 11.6 Å². The Labute approximate surface area is 184 Å². The van der Waals surface area contributed by atoms with Gasteiger partial charge in [-0.3, -0.25) is 14.9 Å². The predicted octanol–water partition coefficient (Wildman–Crippen LogP) is 3.84. The van der Waals surface area contributed by atoms with Crippen LogP contribution in [0.1, 0.15) is 33.6 Å². The first-order valence-electron chi connectivity index (χ1n) is 9.24. The first-order chi connectivity index (χ1) is 15.2. The molecule has 1 fully saturated rings. The lowest BCUT2D eigenvalue weighted by molar-refractivity contribution is -0.00700. The predicted molar refractivity (Wildman–Crippen MR) is 107 cm³/mol. The highest BCUT2D eigenvalue weighted by atomic mass is 35.5. The van der Waals surface area contributed by atoms with Crippen LogP contribution in [0.25, 0.3) is 0 Å². The number of carboxylic acid groups (broad SMARTS) is 1. The molecule has 1 heterocycles. The normalized spacial score (nSPS) is 15.2. The maximum atomic E-state index is 13.4. The average Bonchev–Trinajstić information content (AvgIpc) is 3.17. The van der Waals surface area contributed by atoms with Crippen LogP contribution in [0.2, 0.25) is 5.02 Å². The molecule has 3 N–H and O–H groups in total. The van der Waals surface area contributed by atoms with E-state index in [0.29, 0.717) is 25.0 Å². The number of carbonyl (C=O) groups excluding carboxylic acids is 3. The molecule has 0 saturated carbocycles. The van der Waals surface area contributed by atoms with Crippen LogP contribution in [0.4, 0.5) is 24.1 Å². The maximum Gasteiger partial charge on any atom is 0.507 e. The lowest BCUT2D eigenvalue weighted by Gasteiger charge is -2.24. The fraction of sp³-hybridized carbons (Fsp3) is 0.200. The molecule has 168 valence electrons. The molecule has 0 unspecified atom stereocenters. The van der Waals surface area contributed by atoms with Crippen molar-refractivity contribution in [3.8, 4) is 0 Å². The zero-order chi connectivity index (χ0) is 23.4. The standard InChI is InChI=1S/C20H16ClF2N3O6/c21-12-9-14(23)13(22)8-11(12)17(27)25-19(29)24-15-5-2-1-4-10(15)18(28)26-7-3-6-16(26)32-20(30)31/h1-2,4-5,8-9,16H,3,6-7H2,(H,30,31)(H2,24,25,27,29)/t16-/m1/s1. The molecule has 32 heavy (non-hydrogen) atoms. The lowest BCUT2D eigenvalue weighted by atomic mass is 10.1. The zero-order valence-electron chi connectivity index (χ0n) is 16.2. The number of urea groups is 1. The molecule has 1 saturated heterocycles. The van der Waals surface area contributed by atoms with Crippen molar-refractivity contribution in [3.63, 3.8) is 0 Å². The summed E-state index contributed by atoms with van der Waals surface area (Å²) in [4.78, 5) is 49.5. The van der Waals surface area contributed by atoms with Crippen LogP contribution >= 0.6 is 11.6 Å². The largest absolute Gasteiger partial charge is 0.507 e. The third-order valence-electron chi connectivity index (χ3n) is 4.58. The Morgan fingerprint density at radius 1 is 1.09 bits per heavy atom. The van der Waals surface area contributed by atoms with E-state index >= 15 is 0 Å². The number of ether oxygens (including phenoxy) is 1. The van der Waals surface area contributed by atoms with Crippen molar-refractivity contribution < 1.29 is 37.8 Å². The number of rotatable bonds is 4. The molecule has 2 aromatic rings. The minimum absolute atomic E-state index is 0.0279. The van der Waals surface area contributed by atoms with E-state index in [0.717, 1.165) is 0 Å². The molecular formula is C20H16ClF2N3O6. The number of hydrogen-bond donors (Lipinski definition) is 3. The van der Waals surface area contributed by atoms with Gasteiger partial charge in [-0.25, -0.2) is 18.4 Å². The van der Waals surface area contributed by atoms with Gasteiger partial charge in [0, 0.05) is 13.0 Å². The summed E-state index contributed by atoms with van der Waals surface area (Å²) in [5.41, 5.74) is -0.405. The number of nitrogens with one attached hydrogen (secondary N) is 2. The van der Waals surface area contributed by atoms with Gasteiger partial charge >= 0.3 is 12.2 Å². The molecule has 0 aromatic heterocycles. The van der Waals surface area contributed by atoms with Crippen LogP contribution in [0.15, 0.2) is 36.4 Å². The molecule has 0 bridgehead atoms. The van der Waals surface area contributed by atoms with Crippen molar-refractivity contribution in [3.05, 3.63) is 64.2 Å². The molecule has 0 spiro atoms. The summed E-state index contributed by atoms with van der Waals surface area (Å²) >= 11 is 5.73. The molecule has 1 aliphatic rings. The topological polar surface area (TPSA) is 125 Å². The van der Waals surface area contributed by atoms with Gasteiger partial charge in [-0.15, -0.1) is 0 Å². The third-order valence-corrected chi connectivity index (χ3v) is 4.90. The Bertz CT molecular complexity index is 1100. The minimum Gasteiger partial charge on any atom is -0.450 e. The SMILES string of the molecule is O=C(NC(=O)c1cc(F)c(F)cc1Cl)Nc1ccccc1C(=O)N1CCC[C@H]1OC(=O)O. The second-order valence-electron chi connectivity index (χ2n) is 6.68. The Balaban J connectivity index is 1.74. The summed E-state index contributed by atoms with van der Waals surface area (Å²) in [5.74, 6) is -4.25. The second kappa shape index (κ2) is 9.60. The van der Waals surface area contributed by atoms with Crippen molar-refractivity contribution in [2.75, 3.05) is 11.9 Å². The number of imide groups is 1. The van der Waals surface area contributed by atoms with Crippen LogP contribution in [0.5, 0.6) is 0 Å². The zero-order valence-corrected chi connectivity index (χ0v) is 17.0. The van der Waals surface area contributed by atoms with Gasteiger partial charge in [0.15, 0.2) is 17.9 Å². The minimum atomic E-state index is -1.52. The first-order valence-corrected chi connectivity index (χ1v) is 9.61. The second-order valence-corrected chi connectivity index (χ2v) is 7.09. The van der Waals surface area contributed by atoms with Crippen molar-refractivity contribution in [1.29, 1.82) is 0 Å². The molecule has 0 aliphatic carbocycles. The molecule has 12 heteroatoms. The summed E-state index contributed by atoms with van der Waals surface area (Å²) < 4.78 is 31.3. The van der Waals surface area contributed by atoms with E-state index in [4.69, 9.17) is 21.4 Å². The van der Waals surface area contributed by atoms with Gasteiger partial charge in [-0.2, -0.15) is 0 Å². The van der Waals surface area contributed by atoms with Crippen LogP contribution in [-0.2, 0) is 4.74 Å². The van der Waals surface area contributed by atoms with Crippen molar-refractivity contribution in [1.82, 2.24) is 10.2 Å². The van der Waals surface area contributed by atoms with E-state index in [1.807, 2.05) is 5.32 Å². The highest BCUT2D eigenvalue weighted by Gasteiger charge is 2.33. The van der Waals surface area contributed by atoms with E-state index in [-0.39, 0.29) is 17.8 Å². The number of benzene rings is 2. The van der Waals surface area contributed by atoms with E-state index in [2.05, 4.69) is 5.32 Å². The number of para-hydroxylation sites is 1. The van der Waals surface area contributed by atoms with Gasteiger partial charge in [-0.1, -0.05) is 23.7 Å². The summed E-state index contributed by atoms with van der Waals surface area (Å²) in [5, 5.41) is 12.7. The average molecular weight is 468 g/mol. The Morgan fingerprint density at radius 3 is 2.50 bits per heavy atom. The monoisotopic (exact) mass is 467 g/mol. The molecule has 1 atom stereocenters. The smallest absolute Gasteiger partial charge is 0.450 e. The van der Waals surface area contributed by atoms with Crippen LogP contribution in [0.3, 0.4) is 0 Å². The van der Waals surface area contributed by atoms with Crippen LogP contribution < -0.4 is 10.6 Å². The van der Waals surface area contributed by atoms with E-state index in [1.165, 1.54) is 29.2 Å². The number of carbonyl (C=O) groups is 4. The highest BCUT2D eigenvalue weighted by molar-refractivity contribution is 6.34. The fourth-order valence-electron chi connectivity index (χ4n) is 3.16. The Morgan fingerprint density at radius 2 is 1.78 bits per heavy atom. The number of anilines is 1. The van der Waals surface area contributed by atoms with Crippen molar-refractivity contribution in [2.45, 2.75) is 19.1 Å². The highest BCUT2D eigenvalue weighted by Crippen LogP contribution is 2.25. The first kappa shape index (κ1) is 22.9. The summed E-state index contributed by atoms with van der Waals surface area (Å²) in [6.07, 6.45) is -1.62. The van der Waals surface area contributed by atoms with Gasteiger partial charge in [0.05, 0.1) is 21.8 Å². The van der Waals surface area contributed by atoms with Gasteiger partial charge < -0.3 is 20.1 Å². The number of halogens is 3. The molecule has 9 nitrogen and oxygen atoms in total. The van der Waals surface area contributed by atoms with Crippen molar-refractivity contribution in [2.24, 2.45) is 0 Å². The third kappa shape index (κ3) is 5.11. The molecule has 3 rings (SSSR count). The quantitative estimate of drug-likeness (QED) is 0.463. The maximum absolute atomic E-state index is 13.4. The van der Waals surface area contributed by atoms with Crippen LogP contribution in [-0.4, -0.2) is 46.8 Å². The van der Waals surface area contributed by atoms with E-state index in [9.17, 15) is 28.0 Å². The molecule has 0 radical (unpaired) electrons. The Hall–Kier alpha value is -3.73. The molecule has 2 aromatic carbocycles. The van der Waals surface area contributed by atoms with E-state index < -0.39 is 52.4 Å². The van der Waals surface area contributed by atoms with E-state index in [1.54, 1.807) is 0 Å². The molecule has 1 aliphatic heterocycles. The van der Waals surface area contributed by atoms with Gasteiger partial charge in [-0.05, 0) is 30.7 Å². The lowest BCUT2D eigenvalue weighted by Crippen LogP contribution is -2.39.